The largest absolute Gasteiger partial charge is 0.494 e. The molecule has 1 aliphatic heterocycles. The molecular formula is C27H27N3O3S. The van der Waals surface area contributed by atoms with E-state index in [4.69, 9.17) is 9.72 Å². The van der Waals surface area contributed by atoms with Gasteiger partial charge < -0.3 is 9.84 Å². The second kappa shape index (κ2) is 9.93. The van der Waals surface area contributed by atoms with Crippen LogP contribution in [0.15, 0.2) is 72.8 Å². The highest BCUT2D eigenvalue weighted by atomic mass is 32.1. The van der Waals surface area contributed by atoms with E-state index in [1.807, 2.05) is 60.7 Å². The summed E-state index contributed by atoms with van der Waals surface area (Å²) in [6, 6.07) is 23.5. The standard InChI is InChI=1S/C27H27N3O3S/c1-33-23-13-12-22(19-8-4-2-5-9-19)25-24(23)28-27(34-25)30(18-29-16-14-21(31)15-17-29)26(32)20-10-6-3-7-11-20/h2-13,21,31H,14-18H2,1H3. The van der Waals surface area contributed by atoms with Gasteiger partial charge in [0, 0.05) is 24.2 Å². The third-order valence-electron chi connectivity index (χ3n) is 6.20. The first kappa shape index (κ1) is 22.5. The summed E-state index contributed by atoms with van der Waals surface area (Å²) in [5.74, 6) is 0.594. The number of likely N-dealkylation sites (tertiary alicyclic amines) is 1. The van der Waals surface area contributed by atoms with Crippen LogP contribution in [0, 0.1) is 0 Å². The van der Waals surface area contributed by atoms with Crippen molar-refractivity contribution in [1.29, 1.82) is 0 Å². The number of ether oxygens (including phenoxy) is 1. The zero-order valence-corrected chi connectivity index (χ0v) is 19.9. The minimum atomic E-state index is -0.269. The van der Waals surface area contributed by atoms with Crippen LogP contribution in [0.5, 0.6) is 5.75 Å². The van der Waals surface area contributed by atoms with E-state index in [1.54, 1.807) is 12.0 Å². The van der Waals surface area contributed by atoms with Gasteiger partial charge in [0.1, 0.15) is 11.3 Å². The Morgan fingerprint density at radius 1 is 1.06 bits per heavy atom. The van der Waals surface area contributed by atoms with Gasteiger partial charge in [0.05, 0.1) is 24.6 Å². The second-order valence-electron chi connectivity index (χ2n) is 8.45. The molecule has 1 aliphatic rings. The molecule has 1 fully saturated rings. The van der Waals surface area contributed by atoms with Gasteiger partial charge in [-0.2, -0.15) is 0 Å². The third kappa shape index (κ3) is 4.55. The van der Waals surface area contributed by atoms with Crippen LogP contribution in [0.4, 0.5) is 5.13 Å². The number of thiazole rings is 1. The molecule has 34 heavy (non-hydrogen) atoms. The number of benzene rings is 3. The summed E-state index contributed by atoms with van der Waals surface area (Å²) < 4.78 is 6.61. The van der Waals surface area contributed by atoms with Crippen molar-refractivity contribution in [3.8, 4) is 16.9 Å². The first-order valence-electron chi connectivity index (χ1n) is 11.4. The minimum absolute atomic E-state index is 0.0917. The van der Waals surface area contributed by atoms with Crippen molar-refractivity contribution in [1.82, 2.24) is 9.88 Å². The van der Waals surface area contributed by atoms with E-state index >= 15 is 0 Å². The molecule has 1 amide bonds. The molecule has 0 bridgehead atoms. The maximum Gasteiger partial charge on any atom is 0.261 e. The second-order valence-corrected chi connectivity index (χ2v) is 9.42. The quantitative estimate of drug-likeness (QED) is 0.425. The van der Waals surface area contributed by atoms with Gasteiger partial charge in [-0.25, -0.2) is 4.98 Å². The first-order chi connectivity index (χ1) is 16.6. The molecule has 1 saturated heterocycles. The SMILES string of the molecule is COc1ccc(-c2ccccc2)c2sc(N(CN3CCC(O)CC3)C(=O)c3ccccc3)nc12. The fourth-order valence-electron chi connectivity index (χ4n) is 4.31. The number of nitrogens with zero attached hydrogens (tertiary/aromatic N) is 3. The predicted molar refractivity (Wildman–Crippen MR) is 137 cm³/mol. The summed E-state index contributed by atoms with van der Waals surface area (Å²) in [4.78, 5) is 22.5. The van der Waals surface area contributed by atoms with E-state index in [9.17, 15) is 9.90 Å². The van der Waals surface area contributed by atoms with Crippen molar-refractivity contribution in [3.05, 3.63) is 78.4 Å². The molecule has 1 aromatic heterocycles. The molecule has 6 nitrogen and oxygen atoms in total. The van der Waals surface area contributed by atoms with Crippen LogP contribution in [0.3, 0.4) is 0 Å². The first-order valence-corrected chi connectivity index (χ1v) is 12.3. The molecule has 0 atom stereocenters. The van der Waals surface area contributed by atoms with Gasteiger partial charge in [-0.15, -0.1) is 0 Å². The molecule has 174 valence electrons. The number of piperidine rings is 1. The smallest absolute Gasteiger partial charge is 0.261 e. The van der Waals surface area contributed by atoms with E-state index in [1.165, 1.54) is 11.3 Å². The van der Waals surface area contributed by atoms with Gasteiger partial charge >= 0.3 is 0 Å². The van der Waals surface area contributed by atoms with Crippen molar-refractivity contribution >= 4 is 32.6 Å². The molecule has 0 spiro atoms. The number of aliphatic hydroxyl groups excluding tert-OH is 1. The van der Waals surface area contributed by atoms with Crippen molar-refractivity contribution < 1.29 is 14.6 Å². The Hall–Kier alpha value is -3.26. The van der Waals surface area contributed by atoms with Crippen molar-refractivity contribution in [2.24, 2.45) is 0 Å². The van der Waals surface area contributed by atoms with E-state index in [0.717, 1.165) is 34.4 Å². The Kier molecular flexibility index (Phi) is 6.58. The average Bonchev–Trinajstić information content (AvgIpc) is 3.33. The molecule has 0 unspecified atom stereocenters. The Bertz CT molecular complexity index is 1270. The molecule has 0 saturated carbocycles. The van der Waals surface area contributed by atoms with Crippen LogP contribution >= 0.6 is 11.3 Å². The summed E-state index contributed by atoms with van der Waals surface area (Å²) >= 11 is 1.51. The van der Waals surface area contributed by atoms with Crippen LogP contribution in [0.1, 0.15) is 23.2 Å². The minimum Gasteiger partial charge on any atom is -0.494 e. The Morgan fingerprint density at radius 2 is 1.74 bits per heavy atom. The van der Waals surface area contributed by atoms with Gasteiger partial charge in [-0.05, 0) is 42.7 Å². The molecule has 2 heterocycles. The number of aliphatic hydroxyl groups is 1. The molecule has 1 N–H and O–H groups in total. The lowest BCUT2D eigenvalue weighted by Crippen LogP contribution is -2.45. The Morgan fingerprint density at radius 3 is 2.41 bits per heavy atom. The van der Waals surface area contributed by atoms with E-state index in [2.05, 4.69) is 17.0 Å². The fraction of sp³-hybridized carbons (Fsp3) is 0.259. The van der Waals surface area contributed by atoms with Crippen molar-refractivity contribution in [2.45, 2.75) is 18.9 Å². The number of carbonyl (C=O) groups is 1. The highest BCUT2D eigenvalue weighted by Gasteiger charge is 2.27. The number of anilines is 1. The molecule has 7 heteroatoms. The Balaban J connectivity index is 1.59. The average molecular weight is 474 g/mol. The van der Waals surface area contributed by atoms with Gasteiger partial charge in [0.25, 0.3) is 5.91 Å². The number of amides is 1. The van der Waals surface area contributed by atoms with Gasteiger partial charge in [-0.3, -0.25) is 14.6 Å². The summed E-state index contributed by atoms with van der Waals surface area (Å²) in [5.41, 5.74) is 3.53. The van der Waals surface area contributed by atoms with Crippen LogP contribution in [-0.2, 0) is 0 Å². The summed E-state index contributed by atoms with van der Waals surface area (Å²) in [6.45, 7) is 1.90. The monoisotopic (exact) mass is 473 g/mol. The lowest BCUT2D eigenvalue weighted by Gasteiger charge is -2.33. The molecular weight excluding hydrogens is 446 g/mol. The highest BCUT2D eigenvalue weighted by Crippen LogP contribution is 2.41. The summed E-state index contributed by atoms with van der Waals surface area (Å²) in [7, 11) is 1.64. The number of methoxy groups -OCH3 is 1. The van der Waals surface area contributed by atoms with Crippen LogP contribution in [0.25, 0.3) is 21.3 Å². The maximum absolute atomic E-state index is 13.7. The predicted octanol–water partition coefficient (Wildman–Crippen LogP) is 5.03. The van der Waals surface area contributed by atoms with Crippen LogP contribution < -0.4 is 9.64 Å². The lowest BCUT2D eigenvalue weighted by atomic mass is 10.1. The number of hydrogen-bond acceptors (Lipinski definition) is 6. The Labute approximate surface area is 203 Å². The molecule has 3 aromatic carbocycles. The summed E-state index contributed by atoms with van der Waals surface area (Å²) in [6.07, 6.45) is 1.15. The highest BCUT2D eigenvalue weighted by molar-refractivity contribution is 7.23. The number of aromatic nitrogens is 1. The topological polar surface area (TPSA) is 65.9 Å². The van der Waals surface area contributed by atoms with Gasteiger partial charge in [0.15, 0.2) is 5.13 Å². The zero-order chi connectivity index (χ0) is 23.5. The summed E-state index contributed by atoms with van der Waals surface area (Å²) in [5, 5.41) is 10.6. The van der Waals surface area contributed by atoms with Crippen LogP contribution in [-0.4, -0.2) is 53.9 Å². The number of fused-ring (bicyclic) bond motifs is 1. The van der Waals surface area contributed by atoms with E-state index in [-0.39, 0.29) is 12.0 Å². The molecule has 4 aromatic rings. The van der Waals surface area contributed by atoms with Gasteiger partial charge in [-0.1, -0.05) is 59.9 Å². The van der Waals surface area contributed by atoms with Crippen LogP contribution in [0.2, 0.25) is 0 Å². The molecule has 0 radical (unpaired) electrons. The molecule has 0 aliphatic carbocycles. The molecule has 5 rings (SSSR count). The number of carbonyl (C=O) groups excluding carboxylic acids is 1. The zero-order valence-electron chi connectivity index (χ0n) is 19.1. The van der Waals surface area contributed by atoms with Crippen molar-refractivity contribution in [2.75, 3.05) is 31.8 Å². The fourth-order valence-corrected chi connectivity index (χ4v) is 5.42. The maximum atomic E-state index is 13.7. The van der Waals surface area contributed by atoms with Crippen molar-refractivity contribution in [3.63, 3.8) is 0 Å². The third-order valence-corrected chi connectivity index (χ3v) is 7.31. The number of hydrogen-bond donors (Lipinski definition) is 1. The lowest BCUT2D eigenvalue weighted by molar-refractivity contribution is 0.0782. The number of rotatable bonds is 6. The normalized spacial score (nSPS) is 14.9. The van der Waals surface area contributed by atoms with E-state index in [0.29, 0.717) is 36.0 Å². The van der Waals surface area contributed by atoms with E-state index < -0.39 is 0 Å². The van der Waals surface area contributed by atoms with Gasteiger partial charge in [0.2, 0.25) is 0 Å².